The van der Waals surface area contributed by atoms with Crippen LogP contribution in [0.15, 0.2) is 12.1 Å². The highest BCUT2D eigenvalue weighted by molar-refractivity contribution is 6.43. The quantitative estimate of drug-likeness (QED) is 0.182. The second-order valence-corrected chi connectivity index (χ2v) is 8.35. The van der Waals surface area contributed by atoms with Gasteiger partial charge in [-0.05, 0) is 30.8 Å². The van der Waals surface area contributed by atoms with E-state index in [1.54, 1.807) is 6.92 Å². The number of aromatic carboxylic acids is 1. The lowest BCUT2D eigenvalue weighted by atomic mass is 9.71. The maximum Gasteiger partial charge on any atom is 0.454 e. The molecule has 2 amide bonds. The summed E-state index contributed by atoms with van der Waals surface area (Å²) in [6.07, 6.45) is -0.324. The molecule has 9 N–H and O–H groups in total. The zero-order valence-corrected chi connectivity index (χ0v) is 17.9. The van der Waals surface area contributed by atoms with Gasteiger partial charge in [-0.2, -0.15) is 0 Å². The maximum absolute atomic E-state index is 12.1. The predicted molar refractivity (Wildman–Crippen MR) is 114 cm³/mol. The molecule has 1 aliphatic heterocycles. The third-order valence-corrected chi connectivity index (χ3v) is 5.20. The molecule has 32 heavy (non-hydrogen) atoms. The van der Waals surface area contributed by atoms with Crippen LogP contribution in [0.1, 0.15) is 29.8 Å². The van der Waals surface area contributed by atoms with Gasteiger partial charge in [0.05, 0.1) is 6.54 Å². The number of aromatic hydroxyl groups is 1. The summed E-state index contributed by atoms with van der Waals surface area (Å²) in [7, 11) is -1.61. The summed E-state index contributed by atoms with van der Waals surface area (Å²) in [5, 5.41) is 40.8. The van der Waals surface area contributed by atoms with Gasteiger partial charge in [0, 0.05) is 19.6 Å². The van der Waals surface area contributed by atoms with E-state index < -0.39 is 47.6 Å². The molecule has 1 saturated heterocycles. The Labute approximate surface area is 185 Å². The van der Waals surface area contributed by atoms with Crippen LogP contribution in [0, 0.1) is 0 Å². The summed E-state index contributed by atoms with van der Waals surface area (Å²) in [5.41, 5.74) is 9.60. The molecule has 0 radical (unpaired) electrons. The molecule has 2 atom stereocenters. The van der Waals surface area contributed by atoms with Gasteiger partial charge in [-0.15, -0.1) is 0 Å². The summed E-state index contributed by atoms with van der Waals surface area (Å²) in [4.78, 5) is 36.4. The summed E-state index contributed by atoms with van der Waals surface area (Å²) in [6.45, 7) is 3.66. The number of phenols is 1. The topological polar surface area (TPSA) is 209 Å². The minimum Gasteiger partial charge on any atom is -0.507 e. The summed E-state index contributed by atoms with van der Waals surface area (Å²) in [5.74, 6) is -3.71. The Morgan fingerprint density at radius 1 is 1.34 bits per heavy atom. The minimum atomic E-state index is -1.61. The number of carbonyl (C=O) groups excluding carboxylic acids is 2. The molecule has 1 aromatic carbocycles. The Bertz CT molecular complexity index is 873. The van der Waals surface area contributed by atoms with Gasteiger partial charge in [-0.1, -0.05) is 13.0 Å². The van der Waals surface area contributed by atoms with Crippen molar-refractivity contribution in [1.29, 1.82) is 0 Å². The molecule has 13 heteroatoms. The lowest BCUT2D eigenvalue weighted by Gasteiger charge is -2.42. The number of hydrogen-bond donors (Lipinski definition) is 7. The Hall–Kier alpha value is -2.87. The van der Waals surface area contributed by atoms with Crippen molar-refractivity contribution in [2.75, 3.05) is 26.2 Å². The van der Waals surface area contributed by atoms with Crippen LogP contribution in [-0.4, -0.2) is 87.9 Å². The molecule has 0 spiro atoms. The molecule has 12 nitrogen and oxygen atoms in total. The van der Waals surface area contributed by atoms with E-state index in [-0.39, 0.29) is 36.9 Å². The monoisotopic (exact) mass is 452 g/mol. The number of hydrogen-bond acceptors (Lipinski definition) is 9. The van der Waals surface area contributed by atoms with Crippen LogP contribution in [-0.2, 0) is 16.0 Å². The predicted octanol–water partition coefficient (Wildman–Crippen LogP) is -2.12. The first-order chi connectivity index (χ1) is 14.8. The Kier molecular flexibility index (Phi) is 8.07. The van der Waals surface area contributed by atoms with Crippen LogP contribution in [0.4, 0.5) is 0 Å². The van der Waals surface area contributed by atoms with Crippen molar-refractivity contribution in [2.24, 2.45) is 11.5 Å². The van der Waals surface area contributed by atoms with Gasteiger partial charge in [0.2, 0.25) is 11.8 Å². The second kappa shape index (κ2) is 10.2. The van der Waals surface area contributed by atoms with Gasteiger partial charge in [0.15, 0.2) is 0 Å². The van der Waals surface area contributed by atoms with E-state index >= 15 is 0 Å². The number of nitrogens with zero attached hydrogens (tertiary/aromatic N) is 1. The molecule has 0 unspecified atom stereocenters. The number of carbonyl (C=O) groups is 3. The molecule has 0 aromatic heterocycles. The SMILES string of the molecule is C[C@@H](Cc1ccc(OC2CN(C[C@@](C)(N)C(=O)NCC(N)=O)C2)c(C(=O)O)c1O)B(O)O. The van der Waals surface area contributed by atoms with E-state index in [9.17, 15) is 34.6 Å². The van der Waals surface area contributed by atoms with Gasteiger partial charge in [-0.3, -0.25) is 14.5 Å². The van der Waals surface area contributed by atoms with Crippen LogP contribution in [0.25, 0.3) is 0 Å². The molecule has 1 heterocycles. The lowest BCUT2D eigenvalue weighted by Crippen LogP contribution is -2.64. The van der Waals surface area contributed by atoms with Crippen molar-refractivity contribution >= 4 is 24.9 Å². The first-order valence-corrected chi connectivity index (χ1v) is 10.0. The summed E-state index contributed by atoms with van der Waals surface area (Å²) >= 11 is 0. The number of carboxylic acids is 1. The fourth-order valence-corrected chi connectivity index (χ4v) is 3.35. The number of amides is 2. The average molecular weight is 452 g/mol. The van der Waals surface area contributed by atoms with Gasteiger partial charge in [0.1, 0.15) is 28.7 Å². The zero-order chi connectivity index (χ0) is 24.2. The number of likely N-dealkylation sites (tertiary alicyclic amines) is 1. The van der Waals surface area contributed by atoms with Crippen LogP contribution in [0.2, 0.25) is 5.82 Å². The van der Waals surface area contributed by atoms with E-state index in [4.69, 9.17) is 16.2 Å². The molecule has 1 fully saturated rings. The smallest absolute Gasteiger partial charge is 0.454 e. The Morgan fingerprint density at radius 2 is 1.97 bits per heavy atom. The highest BCUT2D eigenvalue weighted by Crippen LogP contribution is 2.35. The lowest BCUT2D eigenvalue weighted by molar-refractivity contribution is -0.129. The molecule has 0 aliphatic carbocycles. The van der Waals surface area contributed by atoms with Crippen LogP contribution >= 0.6 is 0 Å². The van der Waals surface area contributed by atoms with Gasteiger partial charge in [-0.25, -0.2) is 4.79 Å². The third kappa shape index (κ3) is 6.32. The fraction of sp³-hybridized carbons (Fsp3) is 0.526. The molecule has 1 aliphatic rings. The highest BCUT2D eigenvalue weighted by Gasteiger charge is 2.38. The van der Waals surface area contributed by atoms with Crippen LogP contribution in [0.5, 0.6) is 11.5 Å². The molecule has 0 saturated carbocycles. The maximum atomic E-state index is 12.1. The number of nitrogens with one attached hydrogen (secondary N) is 1. The van der Waals surface area contributed by atoms with E-state index in [0.717, 1.165) is 0 Å². The molecule has 1 aromatic rings. The van der Waals surface area contributed by atoms with Crippen LogP contribution in [0.3, 0.4) is 0 Å². The van der Waals surface area contributed by atoms with Crippen LogP contribution < -0.4 is 21.5 Å². The second-order valence-electron chi connectivity index (χ2n) is 8.35. The number of rotatable bonds is 11. The van der Waals surface area contributed by atoms with Gasteiger partial charge >= 0.3 is 13.1 Å². The van der Waals surface area contributed by atoms with Gasteiger partial charge < -0.3 is 41.8 Å². The normalized spacial score (nSPS) is 17.0. The summed E-state index contributed by atoms with van der Waals surface area (Å²) in [6, 6.07) is 2.90. The van der Waals surface area contributed by atoms with Crippen molar-refractivity contribution in [3.05, 3.63) is 23.3 Å². The Morgan fingerprint density at radius 3 is 2.50 bits per heavy atom. The minimum absolute atomic E-state index is 0.0182. The first-order valence-electron chi connectivity index (χ1n) is 10.0. The molecule has 0 bridgehead atoms. The third-order valence-electron chi connectivity index (χ3n) is 5.20. The molecular formula is C19H29BN4O8. The molecular weight excluding hydrogens is 423 g/mol. The fourth-order valence-electron chi connectivity index (χ4n) is 3.35. The largest absolute Gasteiger partial charge is 0.507 e. The molecule has 176 valence electrons. The Balaban J connectivity index is 2.00. The standard InChI is InChI=1S/C19H29BN4O8/c1-10(20(30)31)5-11-3-4-13(15(16(11)26)17(27)28)32-12-7-24(8-12)9-19(2,22)18(29)23-6-14(21)25/h3-4,10,12,26,30-31H,5-9,22H2,1-2H3,(H2,21,25)(H,23,29)(H,27,28)/t10-,19+/m0/s1. The first kappa shape index (κ1) is 25.4. The number of nitrogens with two attached hydrogens (primary N) is 2. The van der Waals surface area contributed by atoms with E-state index in [1.807, 2.05) is 4.90 Å². The molecule has 2 rings (SSSR count). The van der Waals surface area contributed by atoms with E-state index in [2.05, 4.69) is 5.32 Å². The number of ether oxygens (including phenoxy) is 1. The highest BCUT2D eigenvalue weighted by atomic mass is 16.5. The average Bonchev–Trinajstić information content (AvgIpc) is 2.65. The van der Waals surface area contributed by atoms with Crippen molar-refractivity contribution in [3.8, 4) is 11.5 Å². The van der Waals surface area contributed by atoms with Gasteiger partial charge in [0.25, 0.3) is 0 Å². The van der Waals surface area contributed by atoms with E-state index in [0.29, 0.717) is 13.1 Å². The zero-order valence-electron chi connectivity index (χ0n) is 17.9. The number of primary amides is 1. The number of benzene rings is 1. The van der Waals surface area contributed by atoms with Crippen molar-refractivity contribution < 1.29 is 39.4 Å². The number of carboxylic acid groups (broad SMARTS) is 1. The van der Waals surface area contributed by atoms with Crippen molar-refractivity contribution in [2.45, 2.75) is 37.7 Å². The van der Waals surface area contributed by atoms with Crippen molar-refractivity contribution in [3.63, 3.8) is 0 Å². The van der Waals surface area contributed by atoms with Crippen molar-refractivity contribution in [1.82, 2.24) is 10.2 Å². The summed E-state index contributed by atoms with van der Waals surface area (Å²) < 4.78 is 5.73. The van der Waals surface area contributed by atoms with E-state index in [1.165, 1.54) is 19.1 Å².